The van der Waals surface area contributed by atoms with E-state index in [1.165, 1.54) is 0 Å². The Bertz CT molecular complexity index is 649. The van der Waals surface area contributed by atoms with Crippen LogP contribution in [0.5, 0.6) is 0 Å². The van der Waals surface area contributed by atoms with Gasteiger partial charge in [0.15, 0.2) is 0 Å². The molecule has 0 aliphatic carbocycles. The van der Waals surface area contributed by atoms with E-state index in [9.17, 15) is 14.9 Å². The zero-order chi connectivity index (χ0) is 14.7. The van der Waals surface area contributed by atoms with E-state index < -0.39 is 10.8 Å². The molecule has 0 atom stereocenters. The van der Waals surface area contributed by atoms with Crippen molar-refractivity contribution in [2.45, 2.75) is 20.0 Å². The third-order valence-corrected chi connectivity index (χ3v) is 3.32. The molecule has 2 aromatic rings. The predicted octanol–water partition coefficient (Wildman–Crippen LogP) is 1.23. The molecule has 0 saturated heterocycles. The van der Waals surface area contributed by atoms with E-state index in [2.05, 4.69) is 36.5 Å². The third kappa shape index (κ3) is 2.69. The Morgan fingerprint density at radius 1 is 1.60 bits per heavy atom. The Kier molecular flexibility index (Phi) is 4.13. The van der Waals surface area contributed by atoms with Gasteiger partial charge in [0.1, 0.15) is 6.20 Å². The summed E-state index contributed by atoms with van der Waals surface area (Å²) >= 11 is 3.33. The number of nitrogens with one attached hydrogen (secondary N) is 2. The number of nitrogens with zero attached hydrogens (tertiary/aromatic N) is 4. The highest BCUT2D eigenvalue weighted by molar-refractivity contribution is 9.10. The Labute approximate surface area is 121 Å². The molecule has 20 heavy (non-hydrogen) atoms. The smallest absolute Gasteiger partial charge is 0.319 e. The maximum Gasteiger partial charge on any atom is 0.319 e. The zero-order valence-electron chi connectivity index (χ0n) is 10.5. The van der Waals surface area contributed by atoms with E-state index >= 15 is 0 Å². The summed E-state index contributed by atoms with van der Waals surface area (Å²) in [5, 5.41) is 23.3. The van der Waals surface area contributed by atoms with Crippen LogP contribution in [0.3, 0.4) is 0 Å². The fourth-order valence-electron chi connectivity index (χ4n) is 1.67. The normalized spacial score (nSPS) is 10.5. The molecular formula is C10H11BrN6O3. The van der Waals surface area contributed by atoms with E-state index in [-0.39, 0.29) is 17.9 Å². The summed E-state index contributed by atoms with van der Waals surface area (Å²) in [6.07, 6.45) is 2.63. The molecular weight excluding hydrogens is 332 g/mol. The molecule has 0 aliphatic heterocycles. The van der Waals surface area contributed by atoms with Crippen LogP contribution in [-0.2, 0) is 13.1 Å². The third-order valence-electron chi connectivity index (χ3n) is 2.66. The highest BCUT2D eigenvalue weighted by atomic mass is 79.9. The Morgan fingerprint density at radius 2 is 2.35 bits per heavy atom. The zero-order valence-corrected chi connectivity index (χ0v) is 12.0. The number of aryl methyl sites for hydroxylation is 1. The SMILES string of the molecule is CCn1ncc(Br)c1CNC(=O)c1[nH]ncc1[N+](=O)[O-]. The van der Waals surface area contributed by atoms with E-state index in [0.29, 0.717) is 6.54 Å². The van der Waals surface area contributed by atoms with E-state index in [1.807, 2.05) is 6.92 Å². The van der Waals surface area contributed by atoms with Crippen LogP contribution in [0, 0.1) is 10.1 Å². The number of carbonyl (C=O) groups is 1. The van der Waals surface area contributed by atoms with Gasteiger partial charge >= 0.3 is 5.69 Å². The second-order valence-corrected chi connectivity index (χ2v) is 4.68. The minimum absolute atomic E-state index is 0.173. The van der Waals surface area contributed by atoms with Crippen molar-refractivity contribution >= 4 is 27.5 Å². The van der Waals surface area contributed by atoms with Crippen LogP contribution < -0.4 is 5.32 Å². The van der Waals surface area contributed by atoms with Gasteiger partial charge in [0.2, 0.25) is 5.69 Å². The lowest BCUT2D eigenvalue weighted by Crippen LogP contribution is -2.25. The molecule has 0 aliphatic rings. The average molecular weight is 343 g/mol. The number of H-pyrrole nitrogens is 1. The van der Waals surface area contributed by atoms with Gasteiger partial charge < -0.3 is 5.32 Å². The Hall–Kier alpha value is -2.23. The van der Waals surface area contributed by atoms with Crippen molar-refractivity contribution in [3.05, 3.63) is 38.4 Å². The number of hydrogen-bond donors (Lipinski definition) is 2. The number of aromatic amines is 1. The number of rotatable bonds is 5. The molecule has 2 aromatic heterocycles. The van der Waals surface area contributed by atoms with Crippen molar-refractivity contribution in [2.24, 2.45) is 0 Å². The van der Waals surface area contributed by atoms with Crippen molar-refractivity contribution < 1.29 is 9.72 Å². The first-order valence-electron chi connectivity index (χ1n) is 5.70. The monoisotopic (exact) mass is 342 g/mol. The second-order valence-electron chi connectivity index (χ2n) is 3.82. The fraction of sp³-hybridized carbons (Fsp3) is 0.300. The molecule has 106 valence electrons. The average Bonchev–Trinajstić information content (AvgIpc) is 3.02. The van der Waals surface area contributed by atoms with Crippen LogP contribution in [0.25, 0.3) is 0 Å². The molecule has 2 N–H and O–H groups in total. The molecule has 0 radical (unpaired) electrons. The molecule has 1 amide bonds. The minimum atomic E-state index is -0.662. The van der Waals surface area contributed by atoms with E-state index in [0.717, 1.165) is 16.4 Å². The van der Waals surface area contributed by atoms with Crippen LogP contribution in [0.4, 0.5) is 5.69 Å². The van der Waals surface area contributed by atoms with Gasteiger partial charge in [-0.15, -0.1) is 0 Å². The van der Waals surface area contributed by atoms with Crippen LogP contribution in [0.1, 0.15) is 23.1 Å². The highest BCUT2D eigenvalue weighted by Crippen LogP contribution is 2.17. The Balaban J connectivity index is 2.11. The van der Waals surface area contributed by atoms with Gasteiger partial charge in [0, 0.05) is 6.54 Å². The van der Waals surface area contributed by atoms with Gasteiger partial charge in [-0.1, -0.05) is 0 Å². The van der Waals surface area contributed by atoms with Crippen molar-refractivity contribution in [1.29, 1.82) is 0 Å². The number of amides is 1. The van der Waals surface area contributed by atoms with Crippen molar-refractivity contribution in [3.63, 3.8) is 0 Å². The van der Waals surface area contributed by atoms with Crippen LogP contribution in [0.15, 0.2) is 16.9 Å². The summed E-state index contributed by atoms with van der Waals surface area (Å²) < 4.78 is 2.48. The van der Waals surface area contributed by atoms with Gasteiger partial charge in [-0.3, -0.25) is 24.7 Å². The van der Waals surface area contributed by atoms with Crippen molar-refractivity contribution in [1.82, 2.24) is 25.3 Å². The number of hydrogen-bond acceptors (Lipinski definition) is 5. The maximum absolute atomic E-state index is 11.9. The van der Waals surface area contributed by atoms with Crippen molar-refractivity contribution in [3.8, 4) is 0 Å². The summed E-state index contributed by atoms with van der Waals surface area (Å²) in [4.78, 5) is 22.0. The second kappa shape index (κ2) is 5.82. The number of halogens is 1. The van der Waals surface area contributed by atoms with Crippen LogP contribution in [0.2, 0.25) is 0 Å². The molecule has 2 heterocycles. The van der Waals surface area contributed by atoms with Gasteiger partial charge in [0.25, 0.3) is 5.91 Å². The minimum Gasteiger partial charge on any atom is -0.345 e. The van der Waals surface area contributed by atoms with Gasteiger partial charge in [-0.25, -0.2) is 0 Å². The first-order valence-corrected chi connectivity index (χ1v) is 6.50. The molecule has 0 saturated carbocycles. The fourth-order valence-corrected chi connectivity index (χ4v) is 2.11. The summed E-state index contributed by atoms with van der Waals surface area (Å²) in [5.41, 5.74) is 0.252. The molecule has 2 rings (SSSR count). The van der Waals surface area contributed by atoms with Gasteiger partial charge in [-0.05, 0) is 22.9 Å². The lowest BCUT2D eigenvalue weighted by molar-refractivity contribution is -0.385. The molecule has 0 fully saturated rings. The van der Waals surface area contributed by atoms with E-state index in [4.69, 9.17) is 0 Å². The molecule has 10 heteroatoms. The standard InChI is InChI=1S/C10H11BrN6O3/c1-2-16-7(6(11)3-14-16)4-12-10(18)9-8(17(19)20)5-13-15-9/h3,5H,2,4H2,1H3,(H,12,18)(H,13,15). The lowest BCUT2D eigenvalue weighted by Gasteiger charge is -2.06. The summed E-state index contributed by atoms with van der Waals surface area (Å²) in [5.74, 6) is -0.593. The molecule has 0 unspecified atom stereocenters. The molecule has 9 nitrogen and oxygen atoms in total. The van der Waals surface area contributed by atoms with Crippen LogP contribution >= 0.6 is 15.9 Å². The predicted molar refractivity (Wildman–Crippen MR) is 72.0 cm³/mol. The van der Waals surface area contributed by atoms with Gasteiger partial charge in [0.05, 0.1) is 27.8 Å². The molecule has 0 bridgehead atoms. The number of aromatic nitrogens is 4. The number of carbonyl (C=O) groups excluding carboxylic acids is 1. The lowest BCUT2D eigenvalue weighted by atomic mass is 10.3. The summed E-state index contributed by atoms with van der Waals surface area (Å²) in [6.45, 7) is 2.77. The molecule has 0 aromatic carbocycles. The highest BCUT2D eigenvalue weighted by Gasteiger charge is 2.23. The van der Waals surface area contributed by atoms with Gasteiger partial charge in [-0.2, -0.15) is 10.2 Å². The Morgan fingerprint density at radius 3 is 3.00 bits per heavy atom. The van der Waals surface area contributed by atoms with Crippen molar-refractivity contribution in [2.75, 3.05) is 0 Å². The maximum atomic E-state index is 11.9. The summed E-state index contributed by atoms with van der Waals surface area (Å²) in [6, 6.07) is 0. The van der Waals surface area contributed by atoms with Crippen LogP contribution in [-0.4, -0.2) is 30.8 Å². The summed E-state index contributed by atoms with van der Waals surface area (Å²) in [7, 11) is 0. The first kappa shape index (κ1) is 14.2. The number of nitro groups is 1. The molecule has 0 spiro atoms. The topological polar surface area (TPSA) is 119 Å². The quantitative estimate of drug-likeness (QED) is 0.625. The first-order chi connectivity index (χ1) is 9.54. The largest absolute Gasteiger partial charge is 0.345 e. The van der Waals surface area contributed by atoms with E-state index in [1.54, 1.807) is 10.9 Å².